The lowest BCUT2D eigenvalue weighted by molar-refractivity contribution is 0.102. The molecule has 15 rings (SSSR count). The van der Waals surface area contributed by atoms with Gasteiger partial charge in [-0.3, -0.25) is 65.4 Å². The summed E-state index contributed by atoms with van der Waals surface area (Å²) in [4.78, 5) is 143. The molecule has 554 valence electrons. The van der Waals surface area contributed by atoms with E-state index in [9.17, 15) is 19.2 Å². The van der Waals surface area contributed by atoms with Gasteiger partial charge in [-0.05, 0) is 141 Å². The lowest BCUT2D eigenvalue weighted by Gasteiger charge is -2.08. The Morgan fingerprint density at radius 1 is 0.306 bits per heavy atom. The summed E-state index contributed by atoms with van der Waals surface area (Å²) >= 11 is 5.25. The second-order valence-electron chi connectivity index (χ2n) is 23.4. The maximum Gasteiger partial charge on any atom is 0.270 e. The van der Waals surface area contributed by atoms with Gasteiger partial charge in [-0.2, -0.15) is 39.9 Å². The van der Waals surface area contributed by atoms with Gasteiger partial charge in [-0.1, -0.05) is 54.6 Å². The van der Waals surface area contributed by atoms with Crippen LogP contribution in [0, 0.1) is 62.3 Å². The normalized spacial score (nSPS) is 10.6. The first-order chi connectivity index (χ1) is 53.7. The Morgan fingerprint density at radius 3 is 0.964 bits per heavy atom. The standard InChI is InChI=1S/C22H20N6O3S.C20H16N6OS.C19H15N7OS.C15H14N6OS/c1-12-18(32-21(24-12)14-8-9-16(30-3)17(11-14)31-4)20(29)28-22-26-13(2)25-19(27-22)15-7-5-6-10-23-15;1-12-16(28-19(22-12)14-8-4-3-5-9-14)18(27)26-20-24-13(2)23-17(25-20)15-10-6-7-11-21-15;1-11-15(28-18(22-11)13-6-5-8-20-10-13)17(27)26-19-24-12(2)23-16(25-19)14-7-3-4-9-21-14;1-8-12(23-10(3)17-8)14(22)21-15-19-9(2)18-13(20-15)11-6-4-5-7-16-11/h5-11H,1-4H3,(H,25,26,27,28,29);3-11H,1-2H3,(H,23,24,25,26,27);3-10H,1-2H3,(H,23,24,25,26,27);4-7H,1-3H3,(H,18,19,20,21,22). The van der Waals surface area contributed by atoms with E-state index in [1.54, 1.807) is 130 Å². The Kier molecular flexibility index (Phi) is 24.8. The summed E-state index contributed by atoms with van der Waals surface area (Å²) in [5, 5.41) is 14.0. The number of carbonyl (C=O) groups is 4. The Hall–Kier alpha value is -13.8. The van der Waals surface area contributed by atoms with Crippen molar-refractivity contribution in [2.75, 3.05) is 35.5 Å². The third-order valence-electron chi connectivity index (χ3n) is 15.1. The van der Waals surface area contributed by atoms with E-state index in [4.69, 9.17) is 9.47 Å². The molecule has 0 radical (unpaired) electrons. The van der Waals surface area contributed by atoms with Crippen LogP contribution in [0.1, 0.15) is 89.8 Å². The summed E-state index contributed by atoms with van der Waals surface area (Å²) in [6, 6.07) is 40.8. The molecule has 13 aromatic heterocycles. The van der Waals surface area contributed by atoms with Gasteiger partial charge in [-0.25, -0.2) is 39.9 Å². The van der Waals surface area contributed by atoms with E-state index in [2.05, 4.69) is 126 Å². The number of anilines is 4. The number of thiazole rings is 4. The molecular weight excluding hydrogens is 1490 g/mol. The van der Waals surface area contributed by atoms with Crippen molar-refractivity contribution in [2.45, 2.75) is 62.3 Å². The maximum absolute atomic E-state index is 13.0. The van der Waals surface area contributed by atoms with Gasteiger partial charge in [0, 0.05) is 53.9 Å². The Bertz CT molecular complexity index is 5630. The fourth-order valence-corrected chi connectivity index (χ4v) is 13.9. The fraction of sp³-hybridized carbons (Fsp3) is 0.145. The second kappa shape index (κ2) is 35.8. The summed E-state index contributed by atoms with van der Waals surface area (Å²) in [6.45, 7) is 16.0. The van der Waals surface area contributed by atoms with Crippen molar-refractivity contribution < 1.29 is 28.7 Å². The van der Waals surface area contributed by atoms with E-state index < -0.39 is 0 Å². The number of hydrogen-bond acceptors (Lipinski definition) is 31. The monoisotopic (exact) mass is 1550 g/mol. The topological polar surface area (TPSA) is 406 Å². The Labute approximate surface area is 650 Å². The zero-order chi connectivity index (χ0) is 78.1. The second-order valence-corrected chi connectivity index (χ2v) is 27.6. The number of methoxy groups -OCH3 is 2. The highest BCUT2D eigenvalue weighted by atomic mass is 32.1. The van der Waals surface area contributed by atoms with Crippen LogP contribution in [0.5, 0.6) is 11.5 Å². The number of nitrogens with zero attached hydrogens (tertiary/aromatic N) is 21. The quantitative estimate of drug-likeness (QED) is 0.0658. The van der Waals surface area contributed by atoms with Gasteiger partial charge in [0.2, 0.25) is 23.8 Å². The first-order valence-corrected chi connectivity index (χ1v) is 36.8. The molecule has 4 amide bonds. The lowest BCUT2D eigenvalue weighted by atomic mass is 10.2. The van der Waals surface area contributed by atoms with Crippen LogP contribution in [0.25, 0.3) is 77.8 Å². The number of rotatable bonds is 17. The molecule has 0 spiro atoms. The molecule has 0 aliphatic carbocycles. The minimum Gasteiger partial charge on any atom is -0.493 e. The predicted molar refractivity (Wildman–Crippen MR) is 422 cm³/mol. The van der Waals surface area contributed by atoms with E-state index in [0.29, 0.717) is 128 Å². The molecule has 0 aliphatic rings. The Morgan fingerprint density at radius 2 is 0.640 bits per heavy atom. The molecule has 111 heavy (non-hydrogen) atoms. The van der Waals surface area contributed by atoms with E-state index in [1.807, 2.05) is 117 Å². The summed E-state index contributed by atoms with van der Waals surface area (Å²) in [6.07, 6.45) is 10.1. The van der Waals surface area contributed by atoms with Crippen molar-refractivity contribution in [2.24, 2.45) is 0 Å². The molecular formula is C76H65N25O6S4. The number of hydrogen-bond donors (Lipinski definition) is 4. The maximum atomic E-state index is 13.0. The minimum absolute atomic E-state index is 0.156. The molecule has 15 aromatic rings. The molecule has 0 saturated heterocycles. The minimum atomic E-state index is -0.343. The summed E-state index contributed by atoms with van der Waals surface area (Å²) in [5.41, 5.74) is 7.70. The van der Waals surface area contributed by atoms with Crippen LogP contribution in [0.15, 0.2) is 171 Å². The number of ether oxygens (including phenoxy) is 2. The molecule has 0 saturated carbocycles. The van der Waals surface area contributed by atoms with Gasteiger partial charge >= 0.3 is 0 Å². The van der Waals surface area contributed by atoms with E-state index in [-0.39, 0.29) is 47.4 Å². The molecule has 0 fully saturated rings. The summed E-state index contributed by atoms with van der Waals surface area (Å²) in [5.74, 6) is 4.30. The fourth-order valence-electron chi connectivity index (χ4n) is 10.2. The molecule has 0 bridgehead atoms. The number of nitrogens with one attached hydrogen (secondary N) is 4. The van der Waals surface area contributed by atoms with Crippen LogP contribution in [0.3, 0.4) is 0 Å². The summed E-state index contributed by atoms with van der Waals surface area (Å²) in [7, 11) is 3.15. The zero-order valence-electron chi connectivity index (χ0n) is 61.1. The van der Waals surface area contributed by atoms with Gasteiger partial charge in [0.15, 0.2) is 34.8 Å². The van der Waals surface area contributed by atoms with Crippen LogP contribution in [0.4, 0.5) is 23.8 Å². The highest BCUT2D eigenvalue weighted by molar-refractivity contribution is 7.18. The SMILES string of the molecule is COc1ccc(-c2nc(C)c(C(=O)Nc3nc(C)nc(-c4ccccn4)n3)s2)cc1OC.Cc1nc(NC(=O)c2sc(-c3ccccc3)nc2C)nc(-c2ccccn2)n1.Cc1nc(NC(=O)c2sc(-c3cccnc3)nc2C)nc(-c2ccccn2)n1.Cc1nc(NC(=O)c2sc(C)nc2C)nc(-c2ccccn2)n1. The molecule has 0 aliphatic heterocycles. The number of carbonyl (C=O) groups excluding carboxylic acids is 4. The molecule has 13 heterocycles. The van der Waals surface area contributed by atoms with Crippen molar-refractivity contribution in [3.05, 3.63) is 241 Å². The Balaban J connectivity index is 0.000000138. The highest BCUT2D eigenvalue weighted by Gasteiger charge is 2.24. The first-order valence-electron chi connectivity index (χ1n) is 33.6. The zero-order valence-corrected chi connectivity index (χ0v) is 64.4. The van der Waals surface area contributed by atoms with Crippen LogP contribution >= 0.6 is 45.3 Å². The van der Waals surface area contributed by atoms with Gasteiger partial charge in [0.25, 0.3) is 23.6 Å². The predicted octanol–water partition coefficient (Wildman–Crippen LogP) is 13.8. The number of aryl methyl sites for hydroxylation is 9. The number of benzene rings is 2. The third kappa shape index (κ3) is 19.9. The number of aromatic nitrogens is 21. The molecule has 2 aromatic carbocycles. The van der Waals surface area contributed by atoms with Gasteiger partial charge in [0.1, 0.15) is 80.6 Å². The molecule has 31 nitrogen and oxygen atoms in total. The van der Waals surface area contributed by atoms with Crippen molar-refractivity contribution >= 4 is 92.8 Å². The summed E-state index contributed by atoms with van der Waals surface area (Å²) < 4.78 is 10.6. The molecule has 35 heteroatoms. The molecule has 0 unspecified atom stereocenters. The lowest BCUT2D eigenvalue weighted by Crippen LogP contribution is -2.15. The van der Waals surface area contributed by atoms with E-state index >= 15 is 0 Å². The van der Waals surface area contributed by atoms with Crippen molar-refractivity contribution in [1.82, 2.24) is 105 Å². The van der Waals surface area contributed by atoms with Crippen molar-refractivity contribution in [3.63, 3.8) is 0 Å². The largest absolute Gasteiger partial charge is 0.493 e. The van der Waals surface area contributed by atoms with Gasteiger partial charge in [0.05, 0.1) is 42.0 Å². The van der Waals surface area contributed by atoms with Crippen LogP contribution in [-0.4, -0.2) is 143 Å². The van der Waals surface area contributed by atoms with Gasteiger partial charge < -0.3 is 9.47 Å². The third-order valence-corrected chi connectivity index (χ3v) is 19.8. The smallest absolute Gasteiger partial charge is 0.270 e. The molecule has 4 N–H and O–H groups in total. The van der Waals surface area contributed by atoms with Crippen LogP contribution in [0.2, 0.25) is 0 Å². The van der Waals surface area contributed by atoms with Crippen LogP contribution < -0.4 is 30.7 Å². The van der Waals surface area contributed by atoms with Crippen molar-refractivity contribution in [3.8, 4) is 89.3 Å². The highest BCUT2D eigenvalue weighted by Crippen LogP contribution is 2.36. The number of amides is 4. The van der Waals surface area contributed by atoms with Crippen LogP contribution in [-0.2, 0) is 0 Å². The average molecular weight is 1550 g/mol. The van der Waals surface area contributed by atoms with Gasteiger partial charge in [-0.15, -0.1) is 45.3 Å². The number of pyridine rings is 5. The first kappa shape index (κ1) is 76.9. The van der Waals surface area contributed by atoms with Crippen molar-refractivity contribution in [1.29, 1.82) is 0 Å². The molecule has 0 atom stereocenters. The average Bonchev–Trinajstić information content (AvgIpc) is 1.62. The van der Waals surface area contributed by atoms with E-state index in [0.717, 1.165) is 31.7 Å². The van der Waals surface area contributed by atoms with E-state index in [1.165, 1.54) is 45.3 Å².